The molecule has 0 spiro atoms. The number of alkyl halides is 6. The van der Waals surface area contributed by atoms with E-state index in [1.165, 1.54) is 0 Å². The maximum atomic E-state index is 12.6. The lowest BCUT2D eigenvalue weighted by Gasteiger charge is -2.34. The topological polar surface area (TPSA) is 12.0 Å². The molecule has 7 heteroatoms. The number of piperidine rings is 1. The van der Waals surface area contributed by atoms with E-state index in [1.54, 1.807) is 0 Å². The normalized spacial score (nSPS) is 27.2. The van der Waals surface area contributed by atoms with Crippen LogP contribution in [0.3, 0.4) is 0 Å². The number of halogens is 6. The van der Waals surface area contributed by atoms with Gasteiger partial charge in [-0.05, 0) is 32.2 Å². The van der Waals surface area contributed by atoms with E-state index in [0.29, 0.717) is 13.0 Å². The van der Waals surface area contributed by atoms with Crippen molar-refractivity contribution in [3.05, 3.63) is 0 Å². The Hall–Kier alpha value is -0.460. The number of hydrogen-bond acceptors (Lipinski definition) is 1. The maximum Gasteiger partial charge on any atom is 0.393 e. The van der Waals surface area contributed by atoms with E-state index < -0.39 is 30.7 Å². The van der Waals surface area contributed by atoms with Gasteiger partial charge in [0.25, 0.3) is 0 Å². The van der Waals surface area contributed by atoms with Gasteiger partial charge in [-0.25, -0.2) is 0 Å². The van der Waals surface area contributed by atoms with Crippen LogP contribution in [0, 0.1) is 5.92 Å². The molecule has 1 heterocycles. The largest absolute Gasteiger partial charge is 0.393 e. The van der Waals surface area contributed by atoms with E-state index in [4.69, 9.17) is 0 Å². The van der Waals surface area contributed by atoms with Gasteiger partial charge in [-0.3, -0.25) is 0 Å². The summed E-state index contributed by atoms with van der Waals surface area (Å²) in [5.74, 6) is -1.51. The lowest BCUT2D eigenvalue weighted by Crippen LogP contribution is -2.47. The van der Waals surface area contributed by atoms with Crippen molar-refractivity contribution in [1.82, 2.24) is 5.32 Å². The van der Waals surface area contributed by atoms with Crippen LogP contribution in [0.1, 0.15) is 32.1 Å². The Kier molecular flexibility index (Phi) is 4.69. The summed E-state index contributed by atoms with van der Waals surface area (Å²) in [4.78, 5) is 0. The van der Waals surface area contributed by atoms with E-state index in [2.05, 4.69) is 5.32 Å². The summed E-state index contributed by atoms with van der Waals surface area (Å²) in [6.07, 6.45) is -9.54. The van der Waals surface area contributed by atoms with E-state index in [0.717, 1.165) is 0 Å². The van der Waals surface area contributed by atoms with Crippen LogP contribution < -0.4 is 5.32 Å². The second kappa shape index (κ2) is 5.46. The van der Waals surface area contributed by atoms with Gasteiger partial charge in [-0.2, -0.15) is 26.3 Å². The average Bonchev–Trinajstić information content (AvgIpc) is 2.15. The molecule has 102 valence electrons. The molecule has 1 nitrogen and oxygen atoms in total. The first-order chi connectivity index (χ1) is 7.70. The number of nitrogens with one attached hydrogen (secondary N) is 1. The average molecular weight is 263 g/mol. The minimum Gasteiger partial charge on any atom is -0.313 e. The van der Waals surface area contributed by atoms with Crippen molar-refractivity contribution in [3.8, 4) is 0 Å². The third kappa shape index (κ3) is 5.14. The maximum absolute atomic E-state index is 12.6. The van der Waals surface area contributed by atoms with Gasteiger partial charge in [0.1, 0.15) is 0 Å². The summed E-state index contributed by atoms with van der Waals surface area (Å²) in [6, 6.07) is -0.869. The molecule has 1 aliphatic rings. The molecule has 0 aromatic heterocycles. The van der Waals surface area contributed by atoms with Gasteiger partial charge >= 0.3 is 12.4 Å². The lowest BCUT2D eigenvalue weighted by molar-refractivity contribution is -0.189. The van der Waals surface area contributed by atoms with Crippen LogP contribution in [0.25, 0.3) is 0 Å². The molecule has 0 aliphatic carbocycles. The molecular weight excluding hydrogens is 248 g/mol. The first-order valence-electron chi connectivity index (χ1n) is 5.57. The van der Waals surface area contributed by atoms with E-state index in [9.17, 15) is 26.3 Å². The molecule has 1 N–H and O–H groups in total. The zero-order valence-corrected chi connectivity index (χ0v) is 9.17. The zero-order valence-electron chi connectivity index (χ0n) is 9.17. The minimum absolute atomic E-state index is 0.00713. The molecule has 1 saturated heterocycles. The molecule has 17 heavy (non-hydrogen) atoms. The third-order valence-electron chi connectivity index (χ3n) is 2.98. The standard InChI is InChI=1S/C10H15F6N/c11-9(12,13)5-1-4-8-7(10(14,15)16)3-2-6-17-8/h7-8,17H,1-6H2. The summed E-state index contributed by atoms with van der Waals surface area (Å²) >= 11 is 0. The van der Waals surface area contributed by atoms with E-state index in [1.807, 2.05) is 0 Å². The van der Waals surface area contributed by atoms with Crippen molar-refractivity contribution >= 4 is 0 Å². The van der Waals surface area contributed by atoms with Gasteiger partial charge in [-0.15, -0.1) is 0 Å². The molecule has 1 rings (SSSR count). The Morgan fingerprint density at radius 1 is 1.06 bits per heavy atom. The Morgan fingerprint density at radius 3 is 2.24 bits per heavy atom. The van der Waals surface area contributed by atoms with Crippen molar-refractivity contribution in [1.29, 1.82) is 0 Å². The third-order valence-corrected chi connectivity index (χ3v) is 2.98. The van der Waals surface area contributed by atoms with Gasteiger partial charge < -0.3 is 5.32 Å². The summed E-state index contributed by atoms with van der Waals surface area (Å²) < 4.78 is 73.5. The SMILES string of the molecule is FC(F)(F)CCCC1NCCCC1C(F)(F)F. The Balaban J connectivity index is 2.44. The summed E-state index contributed by atoms with van der Waals surface area (Å²) in [5, 5.41) is 2.67. The molecule has 2 atom stereocenters. The van der Waals surface area contributed by atoms with Gasteiger partial charge in [0.15, 0.2) is 0 Å². The van der Waals surface area contributed by atoms with Crippen molar-refractivity contribution in [3.63, 3.8) is 0 Å². The van der Waals surface area contributed by atoms with Crippen LogP contribution >= 0.6 is 0 Å². The highest BCUT2D eigenvalue weighted by atomic mass is 19.4. The highest BCUT2D eigenvalue weighted by molar-refractivity contribution is 4.85. The summed E-state index contributed by atoms with van der Waals surface area (Å²) in [6.45, 7) is 0.448. The van der Waals surface area contributed by atoms with E-state index >= 15 is 0 Å². The van der Waals surface area contributed by atoms with Crippen LogP contribution in [0.5, 0.6) is 0 Å². The predicted molar refractivity (Wildman–Crippen MR) is 50.5 cm³/mol. The number of rotatable bonds is 3. The van der Waals surface area contributed by atoms with Gasteiger partial charge in [0.2, 0.25) is 0 Å². The monoisotopic (exact) mass is 263 g/mol. The molecule has 0 aromatic rings. The highest BCUT2D eigenvalue weighted by Gasteiger charge is 2.45. The molecule has 0 aromatic carbocycles. The van der Waals surface area contributed by atoms with Crippen LogP contribution in [0.4, 0.5) is 26.3 Å². The van der Waals surface area contributed by atoms with Crippen LogP contribution in [-0.2, 0) is 0 Å². The van der Waals surface area contributed by atoms with Gasteiger partial charge in [-0.1, -0.05) is 0 Å². The van der Waals surface area contributed by atoms with Crippen LogP contribution in [0.2, 0.25) is 0 Å². The summed E-state index contributed by atoms with van der Waals surface area (Å²) in [5.41, 5.74) is 0. The second-order valence-corrected chi connectivity index (χ2v) is 4.36. The van der Waals surface area contributed by atoms with Crippen molar-refractivity contribution in [2.45, 2.75) is 50.5 Å². The van der Waals surface area contributed by atoms with Crippen molar-refractivity contribution in [2.24, 2.45) is 5.92 Å². The molecule has 0 bridgehead atoms. The van der Waals surface area contributed by atoms with Crippen LogP contribution in [0.15, 0.2) is 0 Å². The Bertz CT molecular complexity index is 234. The zero-order chi connectivity index (χ0) is 13.1. The smallest absolute Gasteiger partial charge is 0.313 e. The molecule has 1 fully saturated rings. The Labute approximate surface area is 95.6 Å². The molecular formula is C10H15F6N. The molecule has 0 radical (unpaired) electrons. The fraction of sp³-hybridized carbons (Fsp3) is 1.00. The van der Waals surface area contributed by atoms with Crippen molar-refractivity contribution in [2.75, 3.05) is 6.54 Å². The van der Waals surface area contributed by atoms with Crippen LogP contribution in [-0.4, -0.2) is 24.9 Å². The minimum atomic E-state index is -4.32. The molecule has 0 amide bonds. The first kappa shape index (κ1) is 14.6. The van der Waals surface area contributed by atoms with Gasteiger partial charge in [0.05, 0.1) is 5.92 Å². The second-order valence-electron chi connectivity index (χ2n) is 4.36. The van der Waals surface area contributed by atoms with Gasteiger partial charge in [0, 0.05) is 12.5 Å². The lowest BCUT2D eigenvalue weighted by atomic mass is 9.87. The fourth-order valence-corrected chi connectivity index (χ4v) is 2.17. The summed E-state index contributed by atoms with van der Waals surface area (Å²) in [7, 11) is 0. The number of hydrogen-bond donors (Lipinski definition) is 1. The van der Waals surface area contributed by atoms with Crippen molar-refractivity contribution < 1.29 is 26.3 Å². The highest BCUT2D eigenvalue weighted by Crippen LogP contribution is 2.36. The van der Waals surface area contributed by atoms with E-state index in [-0.39, 0.29) is 19.3 Å². The molecule has 0 saturated carbocycles. The fourth-order valence-electron chi connectivity index (χ4n) is 2.17. The predicted octanol–water partition coefficient (Wildman–Crippen LogP) is 3.65. The Morgan fingerprint density at radius 2 is 1.71 bits per heavy atom. The molecule has 2 unspecified atom stereocenters. The quantitative estimate of drug-likeness (QED) is 0.766. The first-order valence-corrected chi connectivity index (χ1v) is 5.57. The molecule has 1 aliphatic heterocycles.